The third kappa shape index (κ3) is 4.05. The fourth-order valence-electron chi connectivity index (χ4n) is 3.61. The molecule has 0 saturated carbocycles. The number of hydrogen-bond donors (Lipinski definition) is 1. The number of ether oxygens (including phenoxy) is 1. The number of fused-ring (bicyclic) bond motifs is 1. The third-order valence-corrected chi connectivity index (χ3v) is 5.12. The van der Waals surface area contributed by atoms with Gasteiger partial charge in [0.1, 0.15) is 11.3 Å². The van der Waals surface area contributed by atoms with Crippen molar-refractivity contribution in [1.82, 2.24) is 4.98 Å². The molecule has 6 nitrogen and oxygen atoms in total. The number of aromatic nitrogens is 1. The molecule has 0 bridgehead atoms. The number of nitrogens with one attached hydrogen (secondary N) is 1. The molecule has 0 fully saturated rings. The predicted molar refractivity (Wildman–Crippen MR) is 120 cm³/mol. The summed E-state index contributed by atoms with van der Waals surface area (Å²) in [5.74, 6) is 0.0349. The lowest BCUT2D eigenvalue weighted by atomic mass is 10.00. The molecule has 0 radical (unpaired) electrons. The van der Waals surface area contributed by atoms with Crippen LogP contribution in [0, 0.1) is 6.92 Å². The average molecular weight is 414 g/mol. The number of hydrogen-bond acceptors (Lipinski definition) is 6. The van der Waals surface area contributed by atoms with Crippen molar-refractivity contribution in [3.8, 4) is 11.3 Å². The minimum absolute atomic E-state index is 0.118. The molecule has 2 aromatic heterocycles. The van der Waals surface area contributed by atoms with Crippen LogP contribution in [-0.4, -0.2) is 18.1 Å². The van der Waals surface area contributed by atoms with Gasteiger partial charge >= 0.3 is 5.97 Å². The van der Waals surface area contributed by atoms with Gasteiger partial charge in [-0.25, -0.2) is 4.79 Å². The minimum Gasteiger partial charge on any atom is -0.465 e. The first-order valence-corrected chi connectivity index (χ1v) is 9.90. The predicted octanol–water partition coefficient (Wildman–Crippen LogP) is 5.12. The van der Waals surface area contributed by atoms with Gasteiger partial charge in [0.2, 0.25) is 0 Å². The summed E-state index contributed by atoms with van der Waals surface area (Å²) in [5, 5.41) is 3.88. The largest absolute Gasteiger partial charge is 0.465 e. The molecule has 1 unspecified atom stereocenters. The maximum absolute atomic E-state index is 12.9. The summed E-state index contributed by atoms with van der Waals surface area (Å²) in [4.78, 5) is 29.1. The highest BCUT2D eigenvalue weighted by molar-refractivity contribution is 5.95. The van der Waals surface area contributed by atoms with E-state index in [2.05, 4.69) is 10.3 Å². The van der Waals surface area contributed by atoms with Gasteiger partial charge in [0.15, 0.2) is 5.43 Å². The zero-order valence-electron chi connectivity index (χ0n) is 17.5. The fraction of sp³-hybridized carbons (Fsp3) is 0.160. The Morgan fingerprint density at radius 2 is 1.94 bits per heavy atom. The summed E-state index contributed by atoms with van der Waals surface area (Å²) in [7, 11) is 1.35. The smallest absolute Gasteiger partial charge is 0.339 e. The number of benzene rings is 2. The van der Waals surface area contributed by atoms with Crippen molar-refractivity contribution >= 4 is 22.6 Å². The molecule has 156 valence electrons. The number of anilines is 1. The molecule has 0 aliphatic rings. The molecule has 4 rings (SSSR count). The van der Waals surface area contributed by atoms with Crippen molar-refractivity contribution in [2.45, 2.75) is 19.9 Å². The number of nitrogens with zero attached hydrogens (tertiary/aromatic N) is 1. The molecule has 4 aromatic rings. The van der Waals surface area contributed by atoms with Gasteiger partial charge < -0.3 is 14.5 Å². The van der Waals surface area contributed by atoms with Crippen LogP contribution in [-0.2, 0) is 4.74 Å². The Kier molecular flexibility index (Phi) is 5.54. The number of pyridine rings is 1. The Morgan fingerprint density at radius 3 is 2.68 bits per heavy atom. The van der Waals surface area contributed by atoms with Gasteiger partial charge in [0, 0.05) is 35.3 Å². The first-order valence-electron chi connectivity index (χ1n) is 9.90. The van der Waals surface area contributed by atoms with Crippen LogP contribution in [0.1, 0.15) is 34.5 Å². The summed E-state index contributed by atoms with van der Waals surface area (Å²) in [6, 6.07) is 15.8. The van der Waals surface area contributed by atoms with Crippen molar-refractivity contribution in [2.24, 2.45) is 0 Å². The Hall–Kier alpha value is -3.93. The van der Waals surface area contributed by atoms with E-state index in [1.807, 2.05) is 44.2 Å². The summed E-state index contributed by atoms with van der Waals surface area (Å²) in [5.41, 5.74) is 3.95. The summed E-state index contributed by atoms with van der Waals surface area (Å²) in [6.07, 6.45) is 3.33. The normalized spacial score (nSPS) is 11.8. The summed E-state index contributed by atoms with van der Waals surface area (Å²) in [6.45, 7) is 3.89. The van der Waals surface area contributed by atoms with E-state index >= 15 is 0 Å². The molecule has 31 heavy (non-hydrogen) atoms. The second-order valence-corrected chi connectivity index (χ2v) is 7.35. The topological polar surface area (TPSA) is 81.4 Å². The molecular weight excluding hydrogens is 392 g/mol. The molecule has 1 atom stereocenters. The van der Waals surface area contributed by atoms with Gasteiger partial charge in [-0.05, 0) is 49.7 Å². The lowest BCUT2D eigenvalue weighted by Crippen LogP contribution is -2.13. The fourth-order valence-corrected chi connectivity index (χ4v) is 3.61. The molecule has 2 heterocycles. The van der Waals surface area contributed by atoms with E-state index < -0.39 is 5.97 Å². The van der Waals surface area contributed by atoms with Gasteiger partial charge in [-0.1, -0.05) is 18.2 Å². The van der Waals surface area contributed by atoms with Gasteiger partial charge in [-0.15, -0.1) is 0 Å². The molecule has 6 heteroatoms. The van der Waals surface area contributed by atoms with E-state index in [9.17, 15) is 9.59 Å². The van der Waals surface area contributed by atoms with Crippen molar-refractivity contribution in [1.29, 1.82) is 0 Å². The average Bonchev–Trinajstić information content (AvgIpc) is 2.79. The highest BCUT2D eigenvalue weighted by Gasteiger charge is 2.18. The van der Waals surface area contributed by atoms with E-state index in [1.54, 1.807) is 30.6 Å². The zero-order chi connectivity index (χ0) is 22.0. The second kappa shape index (κ2) is 8.44. The highest BCUT2D eigenvalue weighted by Crippen LogP contribution is 2.31. The van der Waals surface area contributed by atoms with Crippen LogP contribution < -0.4 is 10.7 Å². The monoisotopic (exact) mass is 414 g/mol. The number of carbonyl (C=O) groups is 1. The SMILES string of the molecule is COC(=O)c1ccccc1NC(C)c1cc(C)cc2c(=O)cc(-c3cccnc3)oc12. The van der Waals surface area contributed by atoms with E-state index in [1.165, 1.54) is 13.2 Å². The van der Waals surface area contributed by atoms with Crippen LogP contribution in [0.4, 0.5) is 5.69 Å². The lowest BCUT2D eigenvalue weighted by molar-refractivity contribution is 0.0602. The van der Waals surface area contributed by atoms with Crippen LogP contribution in [0.25, 0.3) is 22.3 Å². The van der Waals surface area contributed by atoms with Gasteiger partial charge in [-0.3, -0.25) is 9.78 Å². The van der Waals surface area contributed by atoms with E-state index in [4.69, 9.17) is 9.15 Å². The van der Waals surface area contributed by atoms with Gasteiger partial charge in [0.05, 0.1) is 24.1 Å². The quantitative estimate of drug-likeness (QED) is 0.456. The second-order valence-electron chi connectivity index (χ2n) is 7.35. The van der Waals surface area contributed by atoms with Gasteiger partial charge in [-0.2, -0.15) is 0 Å². The molecule has 2 aromatic carbocycles. The minimum atomic E-state index is -0.421. The summed E-state index contributed by atoms with van der Waals surface area (Å²) < 4.78 is 11.1. The Balaban J connectivity index is 1.83. The maximum Gasteiger partial charge on any atom is 0.339 e. The van der Waals surface area contributed by atoms with Crippen LogP contribution in [0.5, 0.6) is 0 Å². The van der Waals surface area contributed by atoms with E-state index in [-0.39, 0.29) is 11.5 Å². The Morgan fingerprint density at radius 1 is 1.13 bits per heavy atom. The van der Waals surface area contributed by atoms with Crippen molar-refractivity contribution in [3.05, 3.63) is 93.9 Å². The lowest BCUT2D eigenvalue weighted by Gasteiger charge is -2.19. The van der Waals surface area contributed by atoms with Crippen LogP contribution in [0.3, 0.4) is 0 Å². The van der Waals surface area contributed by atoms with Crippen LogP contribution in [0.15, 0.2) is 76.2 Å². The maximum atomic E-state index is 12.9. The molecule has 0 spiro atoms. The summed E-state index contributed by atoms with van der Waals surface area (Å²) >= 11 is 0. The Bertz CT molecular complexity index is 1310. The van der Waals surface area contributed by atoms with Crippen molar-refractivity contribution in [2.75, 3.05) is 12.4 Å². The van der Waals surface area contributed by atoms with Crippen LogP contribution >= 0.6 is 0 Å². The molecule has 0 amide bonds. The number of para-hydroxylation sites is 1. The van der Waals surface area contributed by atoms with E-state index in [0.717, 1.165) is 16.7 Å². The number of carbonyl (C=O) groups excluding carboxylic acids is 1. The van der Waals surface area contributed by atoms with Gasteiger partial charge in [0.25, 0.3) is 0 Å². The van der Waals surface area contributed by atoms with E-state index in [0.29, 0.717) is 28.0 Å². The first kappa shape index (κ1) is 20.3. The Labute approximate surface area is 179 Å². The first-order chi connectivity index (χ1) is 15.0. The van der Waals surface area contributed by atoms with Crippen molar-refractivity contribution < 1.29 is 13.9 Å². The molecular formula is C25H22N2O4. The number of rotatable bonds is 5. The standard InChI is InChI=1S/C25H22N2O4/c1-15-11-19(16(2)27-21-9-5-4-8-18(21)25(29)30-3)24-20(12-15)22(28)13-23(31-24)17-7-6-10-26-14-17/h4-14,16,27H,1-3H3. The number of methoxy groups -OCH3 is 1. The molecule has 0 aliphatic heterocycles. The zero-order valence-corrected chi connectivity index (χ0v) is 17.5. The van der Waals surface area contributed by atoms with Crippen LogP contribution in [0.2, 0.25) is 0 Å². The number of aryl methyl sites for hydroxylation is 1. The van der Waals surface area contributed by atoms with Crippen molar-refractivity contribution in [3.63, 3.8) is 0 Å². The number of esters is 1. The molecule has 1 N–H and O–H groups in total. The molecule has 0 saturated heterocycles. The third-order valence-electron chi connectivity index (χ3n) is 5.12. The molecule has 0 aliphatic carbocycles. The highest BCUT2D eigenvalue weighted by atomic mass is 16.5.